The van der Waals surface area contributed by atoms with E-state index in [2.05, 4.69) is 6.92 Å². The van der Waals surface area contributed by atoms with Crippen molar-refractivity contribution in [3.63, 3.8) is 0 Å². The van der Waals surface area contributed by atoms with Crippen molar-refractivity contribution < 1.29 is 4.92 Å². The summed E-state index contributed by atoms with van der Waals surface area (Å²) in [5, 5.41) is 10.6. The predicted octanol–water partition coefficient (Wildman–Crippen LogP) is 3.06. The van der Waals surface area contributed by atoms with Gasteiger partial charge in [0.2, 0.25) is 0 Å². The maximum atomic E-state index is 10.6. The molecule has 0 aliphatic rings. The van der Waals surface area contributed by atoms with Gasteiger partial charge in [0.05, 0.1) is 4.92 Å². The second kappa shape index (κ2) is 6.45. The molecule has 4 nitrogen and oxygen atoms in total. The van der Waals surface area contributed by atoms with Crippen LogP contribution in [0.1, 0.15) is 31.9 Å². The molecule has 0 aliphatic carbocycles. The van der Waals surface area contributed by atoms with Crippen molar-refractivity contribution in [3.05, 3.63) is 39.9 Å². The number of hydrogen-bond acceptors (Lipinski definition) is 3. The van der Waals surface area contributed by atoms with Crippen molar-refractivity contribution in [1.29, 1.82) is 0 Å². The molecule has 1 aromatic carbocycles. The minimum atomic E-state index is -0.396. The summed E-state index contributed by atoms with van der Waals surface area (Å²) >= 11 is 0. The van der Waals surface area contributed by atoms with Gasteiger partial charge in [0.15, 0.2) is 0 Å². The molecule has 0 spiro atoms. The largest absolute Gasteiger partial charge is 0.324 e. The second-order valence-corrected chi connectivity index (χ2v) is 3.76. The second-order valence-electron chi connectivity index (χ2n) is 3.76. The standard InChI is InChI=1S/C11H16N2O2.ClH/c1-3-8(2)11(12)9-5-4-6-10(7-9)13(14)15;/h4-8,11H,3,12H2,1-2H3;1H/t8?,11-;/m0./s1. The van der Waals surface area contributed by atoms with Gasteiger partial charge in [-0.25, -0.2) is 0 Å². The van der Waals surface area contributed by atoms with Gasteiger partial charge in [-0.3, -0.25) is 10.1 Å². The average Bonchev–Trinajstić information content (AvgIpc) is 2.27. The predicted molar refractivity (Wildman–Crippen MR) is 66.7 cm³/mol. The summed E-state index contributed by atoms with van der Waals surface area (Å²) in [5.74, 6) is 0.326. The first-order chi connectivity index (χ1) is 7.06. The van der Waals surface area contributed by atoms with E-state index in [-0.39, 0.29) is 24.1 Å². The third-order valence-electron chi connectivity index (χ3n) is 2.72. The van der Waals surface area contributed by atoms with E-state index < -0.39 is 4.92 Å². The molecule has 0 saturated carbocycles. The molecule has 0 bridgehead atoms. The lowest BCUT2D eigenvalue weighted by molar-refractivity contribution is -0.384. The van der Waals surface area contributed by atoms with E-state index in [9.17, 15) is 10.1 Å². The Morgan fingerprint density at radius 1 is 1.50 bits per heavy atom. The first kappa shape index (κ1) is 14.9. The molecule has 1 aromatic rings. The zero-order chi connectivity index (χ0) is 11.4. The lowest BCUT2D eigenvalue weighted by Crippen LogP contribution is -2.18. The van der Waals surface area contributed by atoms with E-state index in [0.717, 1.165) is 12.0 Å². The zero-order valence-corrected chi connectivity index (χ0v) is 10.2. The molecule has 90 valence electrons. The van der Waals surface area contributed by atoms with Crippen LogP contribution in [0.3, 0.4) is 0 Å². The number of rotatable bonds is 4. The molecule has 0 fully saturated rings. The van der Waals surface area contributed by atoms with Crippen LogP contribution in [0.15, 0.2) is 24.3 Å². The molecule has 0 radical (unpaired) electrons. The average molecular weight is 245 g/mol. The highest BCUT2D eigenvalue weighted by Gasteiger charge is 2.15. The highest BCUT2D eigenvalue weighted by atomic mass is 35.5. The lowest BCUT2D eigenvalue weighted by Gasteiger charge is -2.18. The molecule has 1 rings (SSSR count). The Morgan fingerprint density at radius 3 is 2.62 bits per heavy atom. The fraction of sp³-hybridized carbons (Fsp3) is 0.455. The lowest BCUT2D eigenvalue weighted by atomic mass is 9.93. The number of hydrogen-bond donors (Lipinski definition) is 1. The van der Waals surface area contributed by atoms with Crippen LogP contribution in [0.25, 0.3) is 0 Å². The Balaban J connectivity index is 0.00000225. The van der Waals surface area contributed by atoms with Crippen LogP contribution in [0.4, 0.5) is 5.69 Å². The number of nitrogens with zero attached hydrogens (tertiary/aromatic N) is 1. The number of non-ortho nitro benzene ring substituents is 1. The van der Waals surface area contributed by atoms with Gasteiger partial charge >= 0.3 is 0 Å². The number of nitrogens with two attached hydrogens (primary N) is 1. The maximum Gasteiger partial charge on any atom is 0.269 e. The Labute approximate surface area is 101 Å². The van der Waals surface area contributed by atoms with Gasteiger partial charge in [-0.05, 0) is 11.5 Å². The van der Waals surface area contributed by atoms with E-state index in [1.165, 1.54) is 6.07 Å². The third kappa shape index (κ3) is 3.47. The minimum absolute atomic E-state index is 0. The van der Waals surface area contributed by atoms with Crippen molar-refractivity contribution in [2.24, 2.45) is 11.7 Å². The van der Waals surface area contributed by atoms with Gasteiger partial charge in [0.1, 0.15) is 0 Å². The topological polar surface area (TPSA) is 69.2 Å². The highest BCUT2D eigenvalue weighted by Crippen LogP contribution is 2.24. The van der Waals surface area contributed by atoms with Crippen molar-refractivity contribution in [3.8, 4) is 0 Å². The first-order valence-corrected chi connectivity index (χ1v) is 5.06. The minimum Gasteiger partial charge on any atom is -0.324 e. The van der Waals surface area contributed by atoms with Crippen LogP contribution in [0.5, 0.6) is 0 Å². The van der Waals surface area contributed by atoms with Gasteiger partial charge in [0, 0.05) is 18.2 Å². The van der Waals surface area contributed by atoms with E-state index in [1.54, 1.807) is 12.1 Å². The van der Waals surface area contributed by atoms with Crippen molar-refractivity contribution in [2.75, 3.05) is 0 Å². The quantitative estimate of drug-likeness (QED) is 0.654. The summed E-state index contributed by atoms with van der Waals surface area (Å²) in [6.07, 6.45) is 0.962. The van der Waals surface area contributed by atoms with E-state index in [1.807, 2.05) is 13.0 Å². The maximum absolute atomic E-state index is 10.6. The molecule has 2 atom stereocenters. The Morgan fingerprint density at radius 2 is 2.12 bits per heavy atom. The Bertz CT molecular complexity index is 358. The van der Waals surface area contributed by atoms with Crippen molar-refractivity contribution in [1.82, 2.24) is 0 Å². The van der Waals surface area contributed by atoms with Crippen LogP contribution < -0.4 is 5.73 Å². The summed E-state index contributed by atoms with van der Waals surface area (Å²) in [4.78, 5) is 10.2. The van der Waals surface area contributed by atoms with Gasteiger partial charge in [0.25, 0.3) is 5.69 Å². The molecule has 1 unspecified atom stereocenters. The van der Waals surface area contributed by atoms with Crippen LogP contribution in [-0.4, -0.2) is 4.92 Å². The Kier molecular flexibility index (Phi) is 6.00. The van der Waals surface area contributed by atoms with Crippen molar-refractivity contribution >= 4 is 18.1 Å². The summed E-state index contributed by atoms with van der Waals surface area (Å²) in [7, 11) is 0. The molecule has 0 aromatic heterocycles. The van der Waals surface area contributed by atoms with Crippen LogP contribution in [0.2, 0.25) is 0 Å². The molecule has 2 N–H and O–H groups in total. The normalized spacial score (nSPS) is 13.7. The fourth-order valence-electron chi connectivity index (χ4n) is 1.43. The zero-order valence-electron chi connectivity index (χ0n) is 9.42. The molecule has 0 saturated heterocycles. The summed E-state index contributed by atoms with van der Waals surface area (Å²) < 4.78 is 0. The molecule has 16 heavy (non-hydrogen) atoms. The molecular weight excluding hydrogens is 228 g/mol. The van der Waals surface area contributed by atoms with Crippen LogP contribution >= 0.6 is 12.4 Å². The molecule has 5 heteroatoms. The smallest absolute Gasteiger partial charge is 0.269 e. The number of halogens is 1. The van der Waals surface area contributed by atoms with E-state index >= 15 is 0 Å². The molecule has 0 aliphatic heterocycles. The third-order valence-corrected chi connectivity index (χ3v) is 2.72. The molecular formula is C11H17ClN2O2. The summed E-state index contributed by atoms with van der Waals surface area (Å²) in [5.41, 5.74) is 6.93. The van der Waals surface area contributed by atoms with Gasteiger partial charge in [-0.2, -0.15) is 0 Å². The SMILES string of the molecule is CCC(C)[C@H](N)c1cccc([N+](=O)[O-])c1.Cl. The summed E-state index contributed by atoms with van der Waals surface area (Å²) in [6.45, 7) is 4.10. The van der Waals surface area contributed by atoms with Crippen molar-refractivity contribution in [2.45, 2.75) is 26.3 Å². The van der Waals surface area contributed by atoms with E-state index in [0.29, 0.717) is 5.92 Å². The van der Waals surface area contributed by atoms with Crippen LogP contribution in [-0.2, 0) is 0 Å². The van der Waals surface area contributed by atoms with Crippen LogP contribution in [0, 0.1) is 16.0 Å². The highest BCUT2D eigenvalue weighted by molar-refractivity contribution is 5.85. The fourth-order valence-corrected chi connectivity index (χ4v) is 1.43. The summed E-state index contributed by atoms with van der Waals surface area (Å²) in [6, 6.07) is 6.42. The van der Waals surface area contributed by atoms with Gasteiger partial charge < -0.3 is 5.73 Å². The number of benzene rings is 1. The molecule has 0 heterocycles. The van der Waals surface area contributed by atoms with Gasteiger partial charge in [-0.1, -0.05) is 32.4 Å². The number of nitro groups is 1. The number of nitro benzene ring substituents is 1. The first-order valence-electron chi connectivity index (χ1n) is 5.06. The Hall–Kier alpha value is -1.13. The van der Waals surface area contributed by atoms with E-state index in [4.69, 9.17) is 5.73 Å². The van der Waals surface area contributed by atoms with Gasteiger partial charge in [-0.15, -0.1) is 12.4 Å². The monoisotopic (exact) mass is 244 g/mol. The molecule has 0 amide bonds.